The Morgan fingerprint density at radius 1 is 1.14 bits per heavy atom. The number of hydrogen-bond acceptors (Lipinski definition) is 4. The van der Waals surface area contributed by atoms with E-state index < -0.39 is 0 Å². The third-order valence-corrected chi connectivity index (χ3v) is 3.41. The van der Waals surface area contributed by atoms with Crippen LogP contribution in [-0.4, -0.2) is 25.0 Å². The Morgan fingerprint density at radius 2 is 1.95 bits per heavy atom. The number of H-pyrrole nitrogens is 1. The molecule has 2 heterocycles. The zero-order valence-electron chi connectivity index (χ0n) is 12.0. The number of aryl methyl sites for hydroxylation is 1. The third kappa shape index (κ3) is 3.55. The van der Waals surface area contributed by atoms with Crippen LogP contribution in [0, 0.1) is 6.92 Å². The van der Waals surface area contributed by atoms with Gasteiger partial charge in [-0.25, -0.2) is 9.67 Å². The maximum atomic E-state index is 4.10. The molecule has 0 fully saturated rings. The van der Waals surface area contributed by atoms with Gasteiger partial charge in [-0.2, -0.15) is 10.2 Å². The zero-order valence-corrected chi connectivity index (χ0v) is 12.0. The highest BCUT2D eigenvalue weighted by atomic mass is 15.3. The Morgan fingerprint density at radius 3 is 2.62 bits per heavy atom. The van der Waals surface area contributed by atoms with Crippen molar-refractivity contribution in [3.05, 3.63) is 65.5 Å². The molecule has 0 atom stereocenters. The van der Waals surface area contributed by atoms with Gasteiger partial charge >= 0.3 is 0 Å². The molecule has 0 amide bonds. The summed E-state index contributed by atoms with van der Waals surface area (Å²) in [4.78, 5) is 3.94. The molecule has 1 aromatic carbocycles. The standard InChI is InChI=1S/C15H18N6/c1-12-15(8-18-20-12)7-16-6-13-2-4-14(5-3-13)9-21-11-17-10-19-21/h2-5,8,10-11,16H,6-7,9H2,1H3,(H,18,20). The van der Waals surface area contributed by atoms with Crippen molar-refractivity contribution in [1.82, 2.24) is 30.3 Å². The highest BCUT2D eigenvalue weighted by molar-refractivity contribution is 5.23. The molecule has 0 bridgehead atoms. The second-order valence-electron chi connectivity index (χ2n) is 5.03. The number of hydrogen-bond donors (Lipinski definition) is 2. The molecule has 3 aromatic rings. The topological polar surface area (TPSA) is 71.4 Å². The molecule has 0 spiro atoms. The number of aromatic amines is 1. The second kappa shape index (κ2) is 6.32. The molecule has 21 heavy (non-hydrogen) atoms. The van der Waals surface area contributed by atoms with Gasteiger partial charge < -0.3 is 5.32 Å². The average Bonchev–Trinajstić information content (AvgIpc) is 3.13. The summed E-state index contributed by atoms with van der Waals surface area (Å²) < 4.78 is 1.81. The number of nitrogens with one attached hydrogen (secondary N) is 2. The first-order valence-corrected chi connectivity index (χ1v) is 6.91. The van der Waals surface area contributed by atoms with Crippen LogP contribution in [0.25, 0.3) is 0 Å². The van der Waals surface area contributed by atoms with E-state index in [4.69, 9.17) is 0 Å². The van der Waals surface area contributed by atoms with Crippen LogP contribution in [0.2, 0.25) is 0 Å². The van der Waals surface area contributed by atoms with Gasteiger partial charge in [0.1, 0.15) is 12.7 Å². The van der Waals surface area contributed by atoms with E-state index in [0.717, 1.165) is 25.3 Å². The van der Waals surface area contributed by atoms with Crippen molar-refractivity contribution in [3.63, 3.8) is 0 Å². The molecule has 0 aliphatic heterocycles. The number of benzene rings is 1. The Labute approximate surface area is 123 Å². The molecule has 6 heteroatoms. The van der Waals surface area contributed by atoms with Crippen molar-refractivity contribution in [2.45, 2.75) is 26.6 Å². The van der Waals surface area contributed by atoms with Gasteiger partial charge in [-0.15, -0.1) is 0 Å². The molecule has 0 saturated carbocycles. The molecule has 0 aliphatic rings. The van der Waals surface area contributed by atoms with Gasteiger partial charge in [-0.1, -0.05) is 24.3 Å². The summed E-state index contributed by atoms with van der Waals surface area (Å²) in [6, 6.07) is 8.53. The molecule has 6 nitrogen and oxygen atoms in total. The minimum Gasteiger partial charge on any atom is -0.308 e. The summed E-state index contributed by atoms with van der Waals surface area (Å²) in [5.74, 6) is 0. The first kappa shape index (κ1) is 13.5. The van der Waals surface area contributed by atoms with Crippen molar-refractivity contribution in [2.75, 3.05) is 0 Å². The van der Waals surface area contributed by atoms with E-state index in [9.17, 15) is 0 Å². The first-order valence-electron chi connectivity index (χ1n) is 6.91. The van der Waals surface area contributed by atoms with E-state index in [1.807, 2.05) is 17.8 Å². The van der Waals surface area contributed by atoms with E-state index >= 15 is 0 Å². The monoisotopic (exact) mass is 282 g/mol. The highest BCUT2D eigenvalue weighted by Gasteiger charge is 2.00. The maximum absolute atomic E-state index is 4.10. The SMILES string of the molecule is Cc1[nH]ncc1CNCc1ccc(Cn2cncn2)cc1. The fraction of sp³-hybridized carbons (Fsp3) is 0.267. The lowest BCUT2D eigenvalue weighted by Gasteiger charge is -2.06. The van der Waals surface area contributed by atoms with Gasteiger partial charge in [0.25, 0.3) is 0 Å². The summed E-state index contributed by atoms with van der Waals surface area (Å²) >= 11 is 0. The third-order valence-electron chi connectivity index (χ3n) is 3.41. The zero-order chi connectivity index (χ0) is 14.5. The summed E-state index contributed by atoms with van der Waals surface area (Å²) in [6.07, 6.45) is 5.14. The lowest BCUT2D eigenvalue weighted by Crippen LogP contribution is -2.13. The molecule has 2 aromatic heterocycles. The van der Waals surface area contributed by atoms with Crippen LogP contribution in [0.5, 0.6) is 0 Å². The Kier molecular flexibility index (Phi) is 4.07. The van der Waals surface area contributed by atoms with Crippen molar-refractivity contribution < 1.29 is 0 Å². The second-order valence-corrected chi connectivity index (χ2v) is 5.03. The normalized spacial score (nSPS) is 10.9. The average molecular weight is 282 g/mol. The molecule has 0 unspecified atom stereocenters. The number of rotatable bonds is 6. The smallest absolute Gasteiger partial charge is 0.137 e. The molecule has 2 N–H and O–H groups in total. The summed E-state index contributed by atoms with van der Waals surface area (Å²) in [7, 11) is 0. The predicted molar refractivity (Wildman–Crippen MR) is 79.4 cm³/mol. The van der Waals surface area contributed by atoms with E-state index in [2.05, 4.69) is 49.9 Å². The Bertz CT molecular complexity index is 669. The van der Waals surface area contributed by atoms with Crippen molar-refractivity contribution in [3.8, 4) is 0 Å². The Balaban J connectivity index is 1.51. The van der Waals surface area contributed by atoms with Crippen LogP contribution in [0.4, 0.5) is 0 Å². The van der Waals surface area contributed by atoms with Gasteiger partial charge in [0.15, 0.2) is 0 Å². The number of nitrogens with zero attached hydrogens (tertiary/aromatic N) is 4. The minimum absolute atomic E-state index is 0.752. The van der Waals surface area contributed by atoms with E-state index in [1.54, 1.807) is 12.7 Å². The van der Waals surface area contributed by atoms with Crippen LogP contribution in [0.15, 0.2) is 43.1 Å². The van der Waals surface area contributed by atoms with Gasteiger partial charge in [-0.05, 0) is 18.1 Å². The highest BCUT2D eigenvalue weighted by Crippen LogP contribution is 2.07. The van der Waals surface area contributed by atoms with Gasteiger partial charge in [0.05, 0.1) is 12.7 Å². The minimum atomic E-state index is 0.752. The van der Waals surface area contributed by atoms with Crippen LogP contribution in [-0.2, 0) is 19.6 Å². The summed E-state index contributed by atoms with van der Waals surface area (Å²) in [5.41, 5.74) is 4.80. The van der Waals surface area contributed by atoms with E-state index in [1.165, 1.54) is 16.7 Å². The molecular weight excluding hydrogens is 264 g/mol. The first-order chi connectivity index (χ1) is 10.3. The van der Waals surface area contributed by atoms with Crippen LogP contribution >= 0.6 is 0 Å². The van der Waals surface area contributed by atoms with Crippen LogP contribution in [0.3, 0.4) is 0 Å². The summed E-state index contributed by atoms with van der Waals surface area (Å²) in [6.45, 7) is 4.45. The van der Waals surface area contributed by atoms with Gasteiger partial charge in [0, 0.05) is 24.3 Å². The van der Waals surface area contributed by atoms with Crippen molar-refractivity contribution >= 4 is 0 Å². The molecule has 0 saturated heterocycles. The van der Waals surface area contributed by atoms with Crippen molar-refractivity contribution in [2.24, 2.45) is 0 Å². The maximum Gasteiger partial charge on any atom is 0.137 e. The quantitative estimate of drug-likeness (QED) is 0.721. The molecular formula is C15H18N6. The van der Waals surface area contributed by atoms with E-state index in [-0.39, 0.29) is 0 Å². The van der Waals surface area contributed by atoms with Crippen LogP contribution in [0.1, 0.15) is 22.4 Å². The number of aromatic nitrogens is 5. The molecule has 108 valence electrons. The molecule has 0 aliphatic carbocycles. The van der Waals surface area contributed by atoms with Gasteiger partial charge in [0.2, 0.25) is 0 Å². The van der Waals surface area contributed by atoms with Crippen LogP contribution < -0.4 is 5.32 Å². The lowest BCUT2D eigenvalue weighted by atomic mass is 10.1. The molecule has 3 rings (SSSR count). The fourth-order valence-electron chi connectivity index (χ4n) is 2.16. The lowest BCUT2D eigenvalue weighted by molar-refractivity contribution is 0.679. The Hall–Kier alpha value is -2.47. The summed E-state index contributed by atoms with van der Waals surface area (Å²) in [5, 5.41) is 14.5. The van der Waals surface area contributed by atoms with E-state index in [0.29, 0.717) is 0 Å². The predicted octanol–water partition coefficient (Wildman–Crippen LogP) is 1.65. The van der Waals surface area contributed by atoms with Crippen molar-refractivity contribution in [1.29, 1.82) is 0 Å². The molecule has 0 radical (unpaired) electrons. The fourth-order valence-corrected chi connectivity index (χ4v) is 2.16. The van der Waals surface area contributed by atoms with Gasteiger partial charge in [-0.3, -0.25) is 5.10 Å². The largest absolute Gasteiger partial charge is 0.308 e.